The predicted molar refractivity (Wildman–Crippen MR) is 73.7 cm³/mol. The van der Waals surface area contributed by atoms with Crippen molar-refractivity contribution in [3.05, 3.63) is 36.2 Å². The Hall–Kier alpha value is -2.76. The minimum absolute atomic E-state index is 0.0123. The largest absolute Gasteiger partial charge is 0.508 e. The Morgan fingerprint density at radius 3 is 2.65 bits per heavy atom. The first-order valence-corrected chi connectivity index (χ1v) is 6.03. The fourth-order valence-electron chi connectivity index (χ4n) is 2.40. The fourth-order valence-corrected chi connectivity index (χ4v) is 2.40. The Morgan fingerprint density at radius 1 is 1.25 bits per heavy atom. The van der Waals surface area contributed by atoms with Gasteiger partial charge >= 0.3 is 5.97 Å². The zero-order chi connectivity index (χ0) is 14.4. The third-order valence-electron chi connectivity index (χ3n) is 3.35. The van der Waals surface area contributed by atoms with Crippen molar-refractivity contribution in [2.45, 2.75) is 0 Å². The number of hydrogen-bond acceptors (Lipinski definition) is 3. The van der Waals surface area contributed by atoms with Gasteiger partial charge in [-0.2, -0.15) is 5.10 Å². The molecule has 6 nitrogen and oxygen atoms in total. The summed E-state index contributed by atoms with van der Waals surface area (Å²) in [6.07, 6.45) is 1.90. The standard InChI is InChI=1S/C14H13N3O3/c1-16-7-10(9-4-3-8(18)5-12(9)16)13-6-11(14(19)20)15-17(13)2/h3-7,18H,1-2H3,(H,19,20). The minimum Gasteiger partial charge on any atom is -0.508 e. The van der Waals surface area contributed by atoms with Crippen molar-refractivity contribution >= 4 is 16.9 Å². The normalized spacial score (nSPS) is 11.1. The zero-order valence-corrected chi connectivity index (χ0v) is 11.0. The minimum atomic E-state index is -1.05. The van der Waals surface area contributed by atoms with Gasteiger partial charge < -0.3 is 14.8 Å². The average molecular weight is 271 g/mol. The molecule has 0 fully saturated rings. The smallest absolute Gasteiger partial charge is 0.356 e. The number of phenolic OH excluding ortho intramolecular Hbond substituents is 1. The highest BCUT2D eigenvalue weighted by molar-refractivity contribution is 5.97. The van der Waals surface area contributed by atoms with Crippen molar-refractivity contribution in [3.8, 4) is 17.0 Å². The lowest BCUT2D eigenvalue weighted by atomic mass is 10.1. The van der Waals surface area contributed by atoms with E-state index >= 15 is 0 Å². The number of carboxylic acid groups (broad SMARTS) is 1. The maximum atomic E-state index is 11.0. The average Bonchev–Trinajstić information content (AvgIpc) is 2.91. The van der Waals surface area contributed by atoms with E-state index < -0.39 is 5.97 Å². The Labute approximate surface area is 114 Å². The lowest BCUT2D eigenvalue weighted by Gasteiger charge is -1.99. The number of benzene rings is 1. The molecule has 0 bridgehead atoms. The Bertz CT molecular complexity index is 830. The molecule has 0 amide bonds. The second-order valence-electron chi connectivity index (χ2n) is 4.70. The van der Waals surface area contributed by atoms with Gasteiger partial charge in [-0.25, -0.2) is 4.79 Å². The van der Waals surface area contributed by atoms with Gasteiger partial charge in [-0.1, -0.05) is 0 Å². The number of aryl methyl sites for hydroxylation is 2. The summed E-state index contributed by atoms with van der Waals surface area (Å²) in [5, 5.41) is 23.5. The Morgan fingerprint density at radius 2 is 2.00 bits per heavy atom. The molecule has 1 aromatic carbocycles. The summed E-state index contributed by atoms with van der Waals surface area (Å²) in [4.78, 5) is 11.0. The molecule has 2 heterocycles. The van der Waals surface area contributed by atoms with E-state index in [0.717, 1.165) is 22.2 Å². The summed E-state index contributed by atoms with van der Waals surface area (Å²) < 4.78 is 3.43. The molecule has 20 heavy (non-hydrogen) atoms. The maximum absolute atomic E-state index is 11.0. The third-order valence-corrected chi connectivity index (χ3v) is 3.35. The van der Waals surface area contributed by atoms with Crippen LogP contribution in [0, 0.1) is 0 Å². The summed E-state index contributed by atoms with van der Waals surface area (Å²) in [5.41, 5.74) is 2.49. The van der Waals surface area contributed by atoms with Crippen molar-refractivity contribution < 1.29 is 15.0 Å². The van der Waals surface area contributed by atoms with Gasteiger partial charge in [0.1, 0.15) is 5.75 Å². The quantitative estimate of drug-likeness (QED) is 0.747. The van der Waals surface area contributed by atoms with Gasteiger partial charge in [-0.15, -0.1) is 0 Å². The van der Waals surface area contributed by atoms with Crippen LogP contribution in [-0.4, -0.2) is 30.5 Å². The van der Waals surface area contributed by atoms with E-state index in [1.165, 1.54) is 0 Å². The summed E-state index contributed by atoms with van der Waals surface area (Å²) >= 11 is 0. The highest BCUT2D eigenvalue weighted by Gasteiger charge is 2.16. The van der Waals surface area contributed by atoms with Crippen molar-refractivity contribution in [2.24, 2.45) is 14.1 Å². The van der Waals surface area contributed by atoms with Gasteiger partial charge in [0.2, 0.25) is 0 Å². The summed E-state index contributed by atoms with van der Waals surface area (Å²) in [6.45, 7) is 0. The maximum Gasteiger partial charge on any atom is 0.356 e. The second-order valence-corrected chi connectivity index (χ2v) is 4.70. The molecule has 0 saturated carbocycles. The third kappa shape index (κ3) is 1.73. The fraction of sp³-hybridized carbons (Fsp3) is 0.143. The number of aromatic hydroxyl groups is 1. The number of carbonyl (C=O) groups is 1. The number of fused-ring (bicyclic) bond motifs is 1. The van der Waals surface area contributed by atoms with E-state index in [2.05, 4.69) is 5.10 Å². The van der Waals surface area contributed by atoms with Crippen LogP contribution in [0.2, 0.25) is 0 Å². The van der Waals surface area contributed by atoms with Crippen LogP contribution in [0.25, 0.3) is 22.2 Å². The Balaban J connectivity index is 2.27. The molecule has 0 saturated heterocycles. The van der Waals surface area contributed by atoms with E-state index in [9.17, 15) is 9.90 Å². The highest BCUT2D eigenvalue weighted by Crippen LogP contribution is 2.32. The van der Waals surface area contributed by atoms with Crippen LogP contribution in [0.15, 0.2) is 30.5 Å². The number of nitrogens with zero attached hydrogens (tertiary/aromatic N) is 3. The number of hydrogen-bond donors (Lipinski definition) is 2. The van der Waals surface area contributed by atoms with Crippen LogP contribution in [0.5, 0.6) is 5.75 Å². The number of aromatic nitrogens is 3. The van der Waals surface area contributed by atoms with Gasteiger partial charge in [-0.05, 0) is 18.2 Å². The van der Waals surface area contributed by atoms with Gasteiger partial charge in [0.15, 0.2) is 5.69 Å². The molecule has 6 heteroatoms. The molecule has 0 aliphatic carbocycles. The molecule has 0 radical (unpaired) electrons. The number of carboxylic acids is 1. The predicted octanol–water partition coefficient (Wildman–Crippen LogP) is 1.98. The van der Waals surface area contributed by atoms with Crippen LogP contribution in [-0.2, 0) is 14.1 Å². The van der Waals surface area contributed by atoms with Crippen molar-refractivity contribution in [3.63, 3.8) is 0 Å². The van der Waals surface area contributed by atoms with Crippen LogP contribution >= 0.6 is 0 Å². The molecule has 3 rings (SSSR count). The summed E-state index contributed by atoms with van der Waals surface area (Å²) in [7, 11) is 3.58. The molecule has 2 N–H and O–H groups in total. The number of aromatic carboxylic acids is 1. The lowest BCUT2D eigenvalue weighted by molar-refractivity contribution is 0.0689. The summed E-state index contributed by atoms with van der Waals surface area (Å²) in [5.74, 6) is -0.855. The van der Waals surface area contributed by atoms with Crippen LogP contribution in [0.1, 0.15) is 10.5 Å². The molecule has 0 spiro atoms. The van der Waals surface area contributed by atoms with Crippen LogP contribution in [0.3, 0.4) is 0 Å². The number of phenols is 1. The van der Waals surface area contributed by atoms with E-state index in [0.29, 0.717) is 0 Å². The van der Waals surface area contributed by atoms with Crippen molar-refractivity contribution in [1.82, 2.24) is 14.3 Å². The van der Waals surface area contributed by atoms with E-state index in [4.69, 9.17) is 5.11 Å². The molecular formula is C14H13N3O3. The van der Waals surface area contributed by atoms with Gasteiger partial charge in [0, 0.05) is 37.3 Å². The lowest BCUT2D eigenvalue weighted by Crippen LogP contribution is -1.99. The van der Waals surface area contributed by atoms with Gasteiger partial charge in [0.25, 0.3) is 0 Å². The summed E-state index contributed by atoms with van der Waals surface area (Å²) in [6, 6.07) is 6.64. The number of rotatable bonds is 2. The molecule has 0 unspecified atom stereocenters. The first-order valence-electron chi connectivity index (χ1n) is 6.03. The molecular weight excluding hydrogens is 258 g/mol. The van der Waals surface area contributed by atoms with E-state index in [-0.39, 0.29) is 11.4 Å². The van der Waals surface area contributed by atoms with E-state index in [1.54, 1.807) is 29.9 Å². The van der Waals surface area contributed by atoms with Crippen molar-refractivity contribution in [1.29, 1.82) is 0 Å². The van der Waals surface area contributed by atoms with Crippen LogP contribution in [0.4, 0.5) is 0 Å². The second kappa shape index (κ2) is 4.12. The molecule has 3 aromatic rings. The zero-order valence-electron chi connectivity index (χ0n) is 11.0. The molecule has 2 aromatic heterocycles. The first kappa shape index (κ1) is 12.3. The first-order chi connectivity index (χ1) is 9.47. The topological polar surface area (TPSA) is 80.3 Å². The highest BCUT2D eigenvalue weighted by atomic mass is 16.4. The SMILES string of the molecule is Cn1nc(C(=O)O)cc1-c1cn(C)c2cc(O)ccc12. The Kier molecular flexibility index (Phi) is 2.53. The van der Waals surface area contributed by atoms with Gasteiger partial charge in [-0.3, -0.25) is 4.68 Å². The molecule has 0 aliphatic rings. The molecule has 102 valence electrons. The van der Waals surface area contributed by atoms with Crippen molar-refractivity contribution in [2.75, 3.05) is 0 Å². The molecule has 0 atom stereocenters. The van der Waals surface area contributed by atoms with Gasteiger partial charge in [0.05, 0.1) is 11.2 Å². The monoisotopic (exact) mass is 271 g/mol. The molecule has 0 aliphatic heterocycles. The van der Waals surface area contributed by atoms with E-state index in [1.807, 2.05) is 23.9 Å². The van der Waals surface area contributed by atoms with Crippen LogP contribution < -0.4 is 0 Å².